The lowest BCUT2D eigenvalue weighted by molar-refractivity contribution is 0.466. The minimum absolute atomic E-state index is 0.151. The Bertz CT molecular complexity index is 1280. The van der Waals surface area contributed by atoms with Crippen LogP contribution >= 0.6 is 63.7 Å². The normalized spacial score (nSPS) is 11.6. The number of hydrogen-bond donors (Lipinski definition) is 4. The third-order valence-corrected chi connectivity index (χ3v) is 9.07. The fourth-order valence-electron chi connectivity index (χ4n) is 3.94. The average molecular weight is 772 g/mol. The first-order valence-electron chi connectivity index (χ1n) is 11.6. The van der Waals surface area contributed by atoms with Gasteiger partial charge in [0, 0.05) is 10.8 Å². The van der Waals surface area contributed by atoms with Crippen molar-refractivity contribution < 1.29 is 20.4 Å². The van der Waals surface area contributed by atoms with Gasteiger partial charge in [0.2, 0.25) is 0 Å². The summed E-state index contributed by atoms with van der Waals surface area (Å²) >= 11 is 13.5. The monoisotopic (exact) mass is 768 g/mol. The zero-order valence-electron chi connectivity index (χ0n) is 21.2. The van der Waals surface area contributed by atoms with E-state index < -0.39 is 0 Å². The van der Waals surface area contributed by atoms with Gasteiger partial charge in [-0.3, -0.25) is 0 Å². The summed E-state index contributed by atoms with van der Waals surface area (Å²) in [5, 5.41) is 38.3. The second kappa shape index (κ2) is 12.0. The van der Waals surface area contributed by atoms with Crippen molar-refractivity contribution in [1.82, 2.24) is 0 Å². The Hall–Kier alpha value is -2.00. The highest BCUT2D eigenvalue weighted by Gasteiger charge is 2.27. The largest absolute Gasteiger partial charge is 0.508 e. The van der Waals surface area contributed by atoms with E-state index in [2.05, 4.69) is 91.4 Å². The van der Waals surface area contributed by atoms with Crippen LogP contribution in [0, 0.1) is 0 Å². The zero-order chi connectivity index (χ0) is 28.4. The Balaban J connectivity index is 0.000000215. The Morgan fingerprint density at radius 1 is 0.421 bits per heavy atom. The van der Waals surface area contributed by atoms with Gasteiger partial charge in [0.1, 0.15) is 23.0 Å². The van der Waals surface area contributed by atoms with E-state index in [1.807, 2.05) is 48.5 Å². The van der Waals surface area contributed by atoms with Gasteiger partial charge in [-0.05, 0) is 135 Å². The van der Waals surface area contributed by atoms with Crippen LogP contribution in [0.2, 0.25) is 0 Å². The van der Waals surface area contributed by atoms with Crippen LogP contribution in [0.25, 0.3) is 0 Å². The quantitative estimate of drug-likeness (QED) is 0.167. The maximum Gasteiger partial charge on any atom is 0.143 e. The molecule has 0 aromatic heterocycles. The Labute approximate surface area is 256 Å². The molecule has 0 saturated heterocycles. The summed E-state index contributed by atoms with van der Waals surface area (Å²) in [6.07, 6.45) is 0. The summed E-state index contributed by atoms with van der Waals surface area (Å²) < 4.78 is 2.54. The van der Waals surface area contributed by atoms with Gasteiger partial charge in [-0.2, -0.15) is 0 Å². The van der Waals surface area contributed by atoms with Crippen LogP contribution in [0.4, 0.5) is 0 Å². The van der Waals surface area contributed by atoms with Crippen LogP contribution in [0.5, 0.6) is 23.0 Å². The van der Waals surface area contributed by atoms with Gasteiger partial charge >= 0.3 is 0 Å². The third kappa shape index (κ3) is 6.76. The maximum absolute atomic E-state index is 9.85. The standard InChI is InChI=1S/C15H12Br4O2.C15H16O2/c1-15(2,7-3-9(16)13(20)10(17)4-7)8-5-11(18)14(21)12(19)6-8;1-15(2,11-3-7-13(16)8-4-11)12-5-9-14(17)10-6-12/h3-6,20-21H,1-2H3;3-10,16-17H,1-2H3. The molecule has 0 amide bonds. The fraction of sp³-hybridized carbons (Fsp3) is 0.200. The predicted molar refractivity (Wildman–Crippen MR) is 167 cm³/mol. The summed E-state index contributed by atoms with van der Waals surface area (Å²) in [5.41, 5.74) is 3.85. The van der Waals surface area contributed by atoms with Crippen LogP contribution in [-0.4, -0.2) is 20.4 Å². The molecule has 0 aliphatic rings. The summed E-state index contributed by atoms with van der Waals surface area (Å²) in [7, 11) is 0. The van der Waals surface area contributed by atoms with E-state index in [1.165, 1.54) is 0 Å². The first kappa shape index (κ1) is 30.5. The van der Waals surface area contributed by atoms with E-state index in [4.69, 9.17) is 0 Å². The number of benzene rings is 4. The molecule has 0 aliphatic heterocycles. The third-order valence-electron chi connectivity index (χ3n) is 6.66. The zero-order valence-corrected chi connectivity index (χ0v) is 27.6. The average Bonchev–Trinajstić information content (AvgIpc) is 2.86. The van der Waals surface area contributed by atoms with Crippen molar-refractivity contribution in [2.45, 2.75) is 38.5 Å². The highest BCUT2D eigenvalue weighted by atomic mass is 79.9. The van der Waals surface area contributed by atoms with Crippen molar-refractivity contribution in [2.75, 3.05) is 0 Å². The van der Waals surface area contributed by atoms with Gasteiger partial charge in [-0.1, -0.05) is 52.0 Å². The molecule has 0 bridgehead atoms. The molecule has 0 aliphatic carbocycles. The lowest BCUT2D eigenvalue weighted by atomic mass is 9.78. The van der Waals surface area contributed by atoms with Gasteiger partial charge in [-0.25, -0.2) is 0 Å². The van der Waals surface area contributed by atoms with Crippen LogP contribution in [0.1, 0.15) is 49.9 Å². The number of halogens is 4. The molecule has 4 nitrogen and oxygen atoms in total. The molecule has 4 aromatic rings. The smallest absolute Gasteiger partial charge is 0.143 e. The molecule has 38 heavy (non-hydrogen) atoms. The molecule has 0 atom stereocenters. The molecule has 0 heterocycles. The van der Waals surface area contributed by atoms with E-state index >= 15 is 0 Å². The Morgan fingerprint density at radius 2 is 0.658 bits per heavy atom. The number of hydrogen-bond acceptors (Lipinski definition) is 4. The minimum Gasteiger partial charge on any atom is -0.508 e. The Kier molecular flexibility index (Phi) is 9.67. The fourth-order valence-corrected chi connectivity index (χ4v) is 6.32. The molecule has 0 saturated carbocycles. The number of phenols is 4. The molecule has 200 valence electrons. The molecular formula is C30H28Br4O4. The molecule has 0 fully saturated rings. The van der Waals surface area contributed by atoms with Gasteiger partial charge in [0.05, 0.1) is 17.9 Å². The van der Waals surface area contributed by atoms with Crippen LogP contribution in [-0.2, 0) is 10.8 Å². The van der Waals surface area contributed by atoms with E-state index in [-0.39, 0.29) is 33.8 Å². The highest BCUT2D eigenvalue weighted by molar-refractivity contribution is 9.11. The predicted octanol–water partition coefficient (Wildman–Crippen LogP) is 9.90. The van der Waals surface area contributed by atoms with Crippen molar-refractivity contribution >= 4 is 63.7 Å². The molecule has 8 heteroatoms. The van der Waals surface area contributed by atoms with Crippen molar-refractivity contribution in [3.8, 4) is 23.0 Å². The SMILES string of the molecule is CC(C)(c1cc(Br)c(O)c(Br)c1)c1cc(Br)c(O)c(Br)c1.CC(C)(c1ccc(O)cc1)c1ccc(O)cc1. The van der Waals surface area contributed by atoms with E-state index in [0.29, 0.717) is 17.9 Å². The van der Waals surface area contributed by atoms with Crippen molar-refractivity contribution in [3.05, 3.63) is 113 Å². The molecule has 0 spiro atoms. The first-order valence-corrected chi connectivity index (χ1v) is 14.8. The lowest BCUT2D eigenvalue weighted by Crippen LogP contribution is -2.19. The van der Waals surface area contributed by atoms with Gasteiger partial charge in [-0.15, -0.1) is 0 Å². The topological polar surface area (TPSA) is 80.9 Å². The number of phenolic OH excluding ortho intramolecular Hbond substituents is 4. The minimum atomic E-state index is -0.308. The lowest BCUT2D eigenvalue weighted by Gasteiger charge is -2.27. The van der Waals surface area contributed by atoms with E-state index in [0.717, 1.165) is 22.3 Å². The van der Waals surface area contributed by atoms with Crippen LogP contribution < -0.4 is 0 Å². The maximum atomic E-state index is 9.85. The van der Waals surface area contributed by atoms with Crippen LogP contribution in [0.3, 0.4) is 0 Å². The molecule has 4 N–H and O–H groups in total. The molecular weight excluding hydrogens is 744 g/mol. The summed E-state index contributed by atoms with van der Waals surface area (Å²) in [5.74, 6) is 0.913. The number of rotatable bonds is 4. The van der Waals surface area contributed by atoms with Gasteiger partial charge < -0.3 is 20.4 Å². The highest BCUT2D eigenvalue weighted by Crippen LogP contribution is 2.43. The molecule has 4 rings (SSSR count). The van der Waals surface area contributed by atoms with E-state index in [9.17, 15) is 20.4 Å². The van der Waals surface area contributed by atoms with Crippen molar-refractivity contribution in [3.63, 3.8) is 0 Å². The molecule has 0 radical (unpaired) electrons. The first-order chi connectivity index (χ1) is 17.6. The molecule has 4 aromatic carbocycles. The summed E-state index contributed by atoms with van der Waals surface area (Å²) in [6.45, 7) is 8.41. The van der Waals surface area contributed by atoms with Crippen molar-refractivity contribution in [2.24, 2.45) is 0 Å². The number of aromatic hydroxyl groups is 4. The summed E-state index contributed by atoms with van der Waals surface area (Å²) in [4.78, 5) is 0. The second-order valence-electron chi connectivity index (χ2n) is 9.92. The second-order valence-corrected chi connectivity index (χ2v) is 13.3. The molecule has 0 unspecified atom stereocenters. The van der Waals surface area contributed by atoms with E-state index in [1.54, 1.807) is 24.3 Å². The van der Waals surface area contributed by atoms with Gasteiger partial charge in [0.25, 0.3) is 0 Å². The Morgan fingerprint density at radius 3 is 0.921 bits per heavy atom. The van der Waals surface area contributed by atoms with Gasteiger partial charge in [0.15, 0.2) is 0 Å². The van der Waals surface area contributed by atoms with Crippen LogP contribution in [0.15, 0.2) is 90.7 Å². The summed E-state index contributed by atoms with van der Waals surface area (Å²) in [6, 6.07) is 22.0. The van der Waals surface area contributed by atoms with Crippen molar-refractivity contribution in [1.29, 1.82) is 0 Å².